The van der Waals surface area contributed by atoms with Crippen LogP contribution in [-0.4, -0.2) is 10.8 Å². The van der Waals surface area contributed by atoms with Crippen LogP contribution in [0.3, 0.4) is 0 Å². The number of benzene rings is 1. The molecule has 108 valence electrons. The molecule has 0 fully saturated rings. The van der Waals surface area contributed by atoms with Crippen molar-refractivity contribution in [2.45, 2.75) is 26.2 Å². The van der Waals surface area contributed by atoms with Gasteiger partial charge in [0.25, 0.3) is 0 Å². The van der Waals surface area contributed by atoms with Crippen molar-refractivity contribution in [3.8, 4) is 11.6 Å². The second kappa shape index (κ2) is 5.37. The average molecular weight is 302 g/mol. The van der Waals surface area contributed by atoms with E-state index in [0.29, 0.717) is 22.2 Å². The molecule has 0 spiro atoms. The summed E-state index contributed by atoms with van der Waals surface area (Å²) in [5, 5.41) is 8.41. The lowest BCUT2D eigenvalue weighted by Gasteiger charge is -2.12. The molecule has 5 heteroatoms. The summed E-state index contributed by atoms with van der Waals surface area (Å²) in [6.45, 7) is 1.91. The van der Waals surface area contributed by atoms with Gasteiger partial charge >= 0.3 is 0 Å². The predicted octanol–water partition coefficient (Wildman–Crippen LogP) is 3.61. The maximum absolute atomic E-state index is 7.72. The Bertz CT molecular complexity index is 728. The SMILES string of the molecule is Cc1cc(Oc2nc3c(cc2C(=N)N)CCC3)ccc1Cl. The van der Waals surface area contributed by atoms with Crippen molar-refractivity contribution in [2.75, 3.05) is 0 Å². The highest BCUT2D eigenvalue weighted by atomic mass is 35.5. The molecule has 1 aliphatic carbocycles. The van der Waals surface area contributed by atoms with E-state index in [1.54, 1.807) is 12.1 Å². The second-order valence-corrected chi connectivity index (χ2v) is 5.63. The molecule has 4 nitrogen and oxygen atoms in total. The summed E-state index contributed by atoms with van der Waals surface area (Å²) in [6.07, 6.45) is 3.02. The molecule has 21 heavy (non-hydrogen) atoms. The molecule has 2 aromatic rings. The van der Waals surface area contributed by atoms with Crippen molar-refractivity contribution in [1.82, 2.24) is 4.98 Å². The highest BCUT2D eigenvalue weighted by molar-refractivity contribution is 6.31. The Labute approximate surface area is 128 Å². The highest BCUT2D eigenvalue weighted by Gasteiger charge is 2.19. The Kier molecular flexibility index (Phi) is 3.55. The van der Waals surface area contributed by atoms with Crippen molar-refractivity contribution in [2.24, 2.45) is 5.73 Å². The molecule has 0 unspecified atom stereocenters. The zero-order valence-corrected chi connectivity index (χ0v) is 12.5. The van der Waals surface area contributed by atoms with Crippen LogP contribution in [-0.2, 0) is 12.8 Å². The van der Waals surface area contributed by atoms with Crippen LogP contribution in [0.25, 0.3) is 0 Å². The fraction of sp³-hybridized carbons (Fsp3) is 0.250. The van der Waals surface area contributed by atoms with Gasteiger partial charge in [0.2, 0.25) is 5.88 Å². The minimum atomic E-state index is -0.0297. The van der Waals surface area contributed by atoms with Crippen LogP contribution in [0.5, 0.6) is 11.6 Å². The molecule has 0 bridgehead atoms. The van der Waals surface area contributed by atoms with Crippen LogP contribution >= 0.6 is 11.6 Å². The van der Waals surface area contributed by atoms with Crippen LogP contribution in [0.4, 0.5) is 0 Å². The third kappa shape index (κ3) is 2.72. The van der Waals surface area contributed by atoms with Crippen molar-refractivity contribution in [1.29, 1.82) is 5.41 Å². The molecule has 1 heterocycles. The number of pyridine rings is 1. The van der Waals surface area contributed by atoms with Crippen molar-refractivity contribution in [3.63, 3.8) is 0 Å². The summed E-state index contributed by atoms with van der Waals surface area (Å²) in [4.78, 5) is 4.55. The third-order valence-corrected chi connectivity index (χ3v) is 4.07. The van der Waals surface area contributed by atoms with Crippen LogP contribution < -0.4 is 10.5 Å². The number of nitrogen functional groups attached to an aromatic ring is 1. The van der Waals surface area contributed by atoms with Crippen LogP contribution in [0.1, 0.15) is 28.8 Å². The van der Waals surface area contributed by atoms with Gasteiger partial charge in [-0.1, -0.05) is 11.6 Å². The molecule has 3 N–H and O–H groups in total. The van der Waals surface area contributed by atoms with E-state index in [0.717, 1.165) is 30.5 Å². The molecule has 0 amide bonds. The zero-order valence-electron chi connectivity index (χ0n) is 11.7. The zero-order chi connectivity index (χ0) is 15.0. The molecule has 1 aromatic heterocycles. The fourth-order valence-electron chi connectivity index (χ4n) is 2.52. The van der Waals surface area contributed by atoms with Gasteiger partial charge in [-0.25, -0.2) is 4.98 Å². The maximum Gasteiger partial charge on any atom is 0.230 e. The Morgan fingerprint density at radius 1 is 1.33 bits per heavy atom. The van der Waals surface area contributed by atoms with E-state index in [1.807, 2.05) is 19.1 Å². The number of rotatable bonds is 3. The molecular formula is C16H16ClN3O. The number of hydrogen-bond donors (Lipinski definition) is 2. The normalized spacial score (nSPS) is 13.0. The van der Waals surface area contributed by atoms with E-state index in [1.165, 1.54) is 5.56 Å². The molecule has 0 aliphatic heterocycles. The topological polar surface area (TPSA) is 72.0 Å². The first-order chi connectivity index (χ1) is 10.0. The quantitative estimate of drug-likeness (QED) is 0.672. The second-order valence-electron chi connectivity index (χ2n) is 5.23. The Balaban J connectivity index is 2.01. The van der Waals surface area contributed by atoms with E-state index >= 15 is 0 Å². The minimum absolute atomic E-state index is 0.0297. The molecule has 0 radical (unpaired) electrons. The first kappa shape index (κ1) is 13.9. The standard InChI is InChI=1S/C16H16ClN3O/c1-9-7-11(5-6-13(9)17)21-16-12(15(18)19)8-10-3-2-4-14(10)20-16/h5-8H,2-4H2,1H3,(H3,18,19). The number of nitrogens with two attached hydrogens (primary N) is 1. The molecule has 1 aliphatic rings. The Morgan fingerprint density at radius 2 is 2.14 bits per heavy atom. The number of fused-ring (bicyclic) bond motifs is 1. The number of amidine groups is 1. The number of ether oxygens (including phenoxy) is 1. The lowest BCUT2D eigenvalue weighted by Crippen LogP contribution is -2.14. The fourth-order valence-corrected chi connectivity index (χ4v) is 2.63. The average Bonchev–Trinajstić information content (AvgIpc) is 2.89. The van der Waals surface area contributed by atoms with Gasteiger partial charge in [0.05, 0.1) is 5.56 Å². The number of nitrogens with zero attached hydrogens (tertiary/aromatic N) is 1. The van der Waals surface area contributed by atoms with Gasteiger partial charge < -0.3 is 10.5 Å². The number of nitrogens with one attached hydrogen (secondary N) is 1. The summed E-state index contributed by atoms with van der Waals surface area (Å²) in [5.41, 5.74) is 9.34. The number of aromatic nitrogens is 1. The van der Waals surface area contributed by atoms with Gasteiger partial charge in [-0.05, 0) is 61.6 Å². The van der Waals surface area contributed by atoms with Gasteiger partial charge in [0.15, 0.2) is 0 Å². The van der Waals surface area contributed by atoms with Gasteiger partial charge in [-0.2, -0.15) is 0 Å². The van der Waals surface area contributed by atoms with Crippen LogP contribution in [0.2, 0.25) is 5.02 Å². The highest BCUT2D eigenvalue weighted by Crippen LogP contribution is 2.30. The van der Waals surface area contributed by atoms with E-state index in [9.17, 15) is 0 Å². The molecular weight excluding hydrogens is 286 g/mol. The largest absolute Gasteiger partial charge is 0.438 e. The smallest absolute Gasteiger partial charge is 0.230 e. The van der Waals surface area contributed by atoms with Gasteiger partial charge in [0.1, 0.15) is 11.6 Å². The first-order valence-electron chi connectivity index (χ1n) is 6.86. The number of hydrogen-bond acceptors (Lipinski definition) is 3. The summed E-state index contributed by atoms with van der Waals surface area (Å²) in [7, 11) is 0. The summed E-state index contributed by atoms with van der Waals surface area (Å²) >= 11 is 6.02. The molecule has 3 rings (SSSR count). The molecule has 1 aromatic carbocycles. The monoisotopic (exact) mass is 301 g/mol. The van der Waals surface area contributed by atoms with E-state index in [-0.39, 0.29) is 5.84 Å². The van der Waals surface area contributed by atoms with Crippen molar-refractivity contribution >= 4 is 17.4 Å². The van der Waals surface area contributed by atoms with Gasteiger partial charge in [-0.3, -0.25) is 5.41 Å². The maximum atomic E-state index is 7.72. The van der Waals surface area contributed by atoms with Gasteiger partial charge in [0, 0.05) is 10.7 Å². The first-order valence-corrected chi connectivity index (χ1v) is 7.23. The lowest BCUT2D eigenvalue weighted by molar-refractivity contribution is 0.459. The summed E-state index contributed by atoms with van der Waals surface area (Å²) in [5.74, 6) is 1.01. The van der Waals surface area contributed by atoms with E-state index in [2.05, 4.69) is 4.98 Å². The summed E-state index contributed by atoms with van der Waals surface area (Å²) in [6, 6.07) is 7.35. The Hall–Kier alpha value is -2.07. The van der Waals surface area contributed by atoms with E-state index in [4.69, 9.17) is 27.5 Å². The summed E-state index contributed by atoms with van der Waals surface area (Å²) < 4.78 is 5.84. The molecule has 0 saturated carbocycles. The molecule has 0 atom stereocenters. The van der Waals surface area contributed by atoms with Crippen molar-refractivity contribution < 1.29 is 4.74 Å². The van der Waals surface area contributed by atoms with Gasteiger partial charge in [-0.15, -0.1) is 0 Å². The van der Waals surface area contributed by atoms with Crippen LogP contribution in [0.15, 0.2) is 24.3 Å². The Morgan fingerprint density at radius 3 is 2.86 bits per heavy atom. The number of halogens is 1. The third-order valence-electron chi connectivity index (χ3n) is 3.65. The molecule has 0 saturated heterocycles. The lowest BCUT2D eigenvalue weighted by atomic mass is 10.1. The predicted molar refractivity (Wildman–Crippen MR) is 83.5 cm³/mol. The minimum Gasteiger partial charge on any atom is -0.438 e. The number of aryl methyl sites for hydroxylation is 3. The van der Waals surface area contributed by atoms with Crippen LogP contribution in [0, 0.1) is 12.3 Å². The van der Waals surface area contributed by atoms with Crippen molar-refractivity contribution in [3.05, 3.63) is 51.7 Å². The van der Waals surface area contributed by atoms with E-state index < -0.39 is 0 Å².